The molecule has 7 nitrogen and oxygen atoms in total. The van der Waals surface area contributed by atoms with Crippen LogP contribution >= 0.6 is 0 Å². The van der Waals surface area contributed by atoms with E-state index in [9.17, 15) is 14.4 Å². The second-order valence-electron chi connectivity index (χ2n) is 3.90. The Morgan fingerprint density at radius 2 is 1.61 bits per heavy atom. The molecular formula is C16H26O7. The number of carbonyl (C=O) groups excluding carboxylic acids is 1. The van der Waals surface area contributed by atoms with Crippen LogP contribution in [0.4, 0.5) is 0 Å². The van der Waals surface area contributed by atoms with E-state index in [2.05, 4.69) is 31.4 Å². The van der Waals surface area contributed by atoms with Gasteiger partial charge in [0.15, 0.2) is 5.76 Å². The molecule has 0 aromatic rings. The fraction of sp³-hybridized carbons (Fsp3) is 0.438. The van der Waals surface area contributed by atoms with E-state index >= 15 is 0 Å². The summed E-state index contributed by atoms with van der Waals surface area (Å²) < 4.78 is 8.98. The lowest BCUT2D eigenvalue weighted by Gasteiger charge is -2.02. The van der Waals surface area contributed by atoms with Crippen molar-refractivity contribution in [1.29, 1.82) is 0 Å². The van der Waals surface area contributed by atoms with Crippen LogP contribution in [0.3, 0.4) is 0 Å². The topological polar surface area (TPSA) is 110 Å². The molecule has 0 spiro atoms. The molecule has 0 bridgehead atoms. The quantitative estimate of drug-likeness (QED) is 0.400. The van der Waals surface area contributed by atoms with E-state index in [0.717, 1.165) is 25.3 Å². The Balaban J connectivity index is -0.000000286. The highest BCUT2D eigenvalue weighted by atomic mass is 16.5. The maximum absolute atomic E-state index is 10.9. The molecule has 0 saturated carbocycles. The van der Waals surface area contributed by atoms with Crippen LogP contribution < -0.4 is 0 Å². The molecule has 0 aliphatic rings. The van der Waals surface area contributed by atoms with E-state index in [1.165, 1.54) is 7.11 Å². The predicted molar refractivity (Wildman–Crippen MR) is 86.9 cm³/mol. The van der Waals surface area contributed by atoms with Crippen molar-refractivity contribution >= 4 is 17.9 Å². The monoisotopic (exact) mass is 330 g/mol. The van der Waals surface area contributed by atoms with Crippen molar-refractivity contribution in [2.24, 2.45) is 0 Å². The van der Waals surface area contributed by atoms with Crippen molar-refractivity contribution in [1.82, 2.24) is 0 Å². The second-order valence-corrected chi connectivity index (χ2v) is 3.90. The average Bonchev–Trinajstić information content (AvgIpc) is 2.52. The molecule has 23 heavy (non-hydrogen) atoms. The summed E-state index contributed by atoms with van der Waals surface area (Å²) in [6, 6.07) is 0. The maximum Gasteiger partial charge on any atom is 0.370 e. The van der Waals surface area contributed by atoms with E-state index in [1.54, 1.807) is 6.92 Å². The number of methoxy groups -OCH3 is 1. The molecule has 0 fully saturated rings. The number of hydrogen-bond donors (Lipinski definition) is 2. The zero-order valence-corrected chi connectivity index (χ0v) is 14.0. The summed E-state index contributed by atoms with van der Waals surface area (Å²) in [6.45, 7) is 14.0. The van der Waals surface area contributed by atoms with Crippen molar-refractivity contribution in [2.75, 3.05) is 13.7 Å². The van der Waals surface area contributed by atoms with Gasteiger partial charge in [0.25, 0.3) is 0 Å². The number of esters is 1. The van der Waals surface area contributed by atoms with E-state index in [1.807, 2.05) is 0 Å². The highest BCUT2D eigenvalue weighted by molar-refractivity contribution is 5.87. The van der Waals surface area contributed by atoms with Crippen LogP contribution in [0.25, 0.3) is 0 Å². The first-order valence-electron chi connectivity index (χ1n) is 6.84. The molecule has 2 N–H and O–H groups in total. The van der Waals surface area contributed by atoms with Gasteiger partial charge in [-0.05, 0) is 26.3 Å². The number of rotatable bonds is 8. The highest BCUT2D eigenvalue weighted by Crippen LogP contribution is 2.06. The molecule has 0 unspecified atom stereocenters. The molecule has 0 amide bonds. The summed E-state index contributed by atoms with van der Waals surface area (Å²) in [4.78, 5) is 29.9. The largest absolute Gasteiger partial charge is 0.490 e. The van der Waals surface area contributed by atoms with Crippen LogP contribution in [0.1, 0.15) is 33.1 Å². The summed E-state index contributed by atoms with van der Waals surface area (Å²) in [5, 5.41) is 15.6. The van der Waals surface area contributed by atoms with Gasteiger partial charge in [0, 0.05) is 11.6 Å². The Hall–Kier alpha value is -2.57. The molecule has 0 aromatic carbocycles. The van der Waals surface area contributed by atoms with Crippen LogP contribution in [0.2, 0.25) is 0 Å². The van der Waals surface area contributed by atoms with Gasteiger partial charge < -0.3 is 19.7 Å². The summed E-state index contributed by atoms with van der Waals surface area (Å²) in [5.74, 6) is -2.59. The molecule has 0 aliphatic heterocycles. The summed E-state index contributed by atoms with van der Waals surface area (Å²) in [7, 11) is 1.26. The van der Waals surface area contributed by atoms with Crippen molar-refractivity contribution < 1.29 is 34.1 Å². The number of unbranched alkanes of at least 4 members (excludes halogenated alkanes) is 1. The minimum atomic E-state index is -1.12. The molecular weight excluding hydrogens is 304 g/mol. The molecule has 7 heteroatoms. The summed E-state index contributed by atoms with van der Waals surface area (Å²) >= 11 is 0. The summed E-state index contributed by atoms with van der Waals surface area (Å²) in [5.41, 5.74) is 0.591. The minimum Gasteiger partial charge on any atom is -0.490 e. The van der Waals surface area contributed by atoms with Crippen molar-refractivity contribution in [3.63, 3.8) is 0 Å². The number of carbonyl (C=O) groups is 3. The van der Waals surface area contributed by atoms with E-state index in [-0.39, 0.29) is 11.7 Å². The Kier molecular flexibility index (Phi) is 19.3. The smallest absolute Gasteiger partial charge is 0.370 e. The maximum atomic E-state index is 10.9. The molecule has 0 aromatic heterocycles. The Morgan fingerprint density at radius 1 is 1.13 bits per heavy atom. The third kappa shape index (κ3) is 21.9. The number of carboxylic acid groups (broad SMARTS) is 2. The highest BCUT2D eigenvalue weighted by Gasteiger charge is 2.05. The summed E-state index contributed by atoms with van der Waals surface area (Å²) in [6.07, 6.45) is 3.69. The lowest BCUT2D eigenvalue weighted by atomic mass is 10.1. The Bertz CT molecular complexity index is 411. The van der Waals surface area contributed by atoms with Crippen LogP contribution in [0.5, 0.6) is 0 Å². The second kappa shape index (κ2) is 17.5. The van der Waals surface area contributed by atoms with Gasteiger partial charge in [0.1, 0.15) is 0 Å². The number of ether oxygens (including phenoxy) is 2. The van der Waals surface area contributed by atoms with Gasteiger partial charge in [0.05, 0.1) is 13.7 Å². The Labute approximate surface area is 136 Å². The predicted octanol–water partition coefficient (Wildman–Crippen LogP) is 2.78. The first-order chi connectivity index (χ1) is 10.7. The molecule has 132 valence electrons. The van der Waals surface area contributed by atoms with Crippen LogP contribution in [0, 0.1) is 0 Å². The normalized spacial score (nSPS) is 8.13. The first-order valence-corrected chi connectivity index (χ1v) is 6.84. The lowest BCUT2D eigenvalue weighted by molar-refractivity contribution is -0.139. The van der Waals surface area contributed by atoms with Gasteiger partial charge in [-0.2, -0.15) is 0 Å². The fourth-order valence-electron chi connectivity index (χ4n) is 0.813. The fourth-order valence-corrected chi connectivity index (χ4v) is 0.813. The van der Waals surface area contributed by atoms with Crippen LogP contribution in [0.15, 0.2) is 37.1 Å². The molecule has 0 saturated heterocycles. The number of hydrogen-bond acceptors (Lipinski definition) is 5. The van der Waals surface area contributed by atoms with Gasteiger partial charge in [-0.1, -0.05) is 26.5 Å². The van der Waals surface area contributed by atoms with E-state index in [0.29, 0.717) is 12.2 Å². The van der Waals surface area contributed by atoms with E-state index < -0.39 is 11.9 Å². The molecule has 0 heterocycles. The SMILES string of the molecule is C=C(CCCC)C(=O)OCC.C=C(OC)C(=O)O.C=CC(=O)O. The van der Waals surface area contributed by atoms with E-state index in [4.69, 9.17) is 14.9 Å². The van der Waals surface area contributed by atoms with Crippen molar-refractivity contribution in [3.8, 4) is 0 Å². The van der Waals surface area contributed by atoms with Crippen LogP contribution in [-0.2, 0) is 23.9 Å². The minimum absolute atomic E-state index is 0.236. The molecule has 0 aliphatic carbocycles. The van der Waals surface area contributed by atoms with Gasteiger partial charge in [-0.15, -0.1) is 0 Å². The van der Waals surface area contributed by atoms with Gasteiger partial charge in [0.2, 0.25) is 0 Å². The number of aliphatic carboxylic acids is 2. The third-order valence-corrected chi connectivity index (χ3v) is 2.06. The average molecular weight is 330 g/mol. The Morgan fingerprint density at radius 3 is 1.83 bits per heavy atom. The third-order valence-electron chi connectivity index (χ3n) is 2.06. The van der Waals surface area contributed by atoms with Crippen molar-refractivity contribution in [2.45, 2.75) is 33.1 Å². The zero-order chi connectivity index (χ0) is 18.8. The van der Waals surface area contributed by atoms with Crippen molar-refractivity contribution in [3.05, 3.63) is 37.1 Å². The zero-order valence-electron chi connectivity index (χ0n) is 14.0. The number of carboxylic acids is 2. The molecule has 0 rings (SSSR count). The van der Waals surface area contributed by atoms with Gasteiger partial charge >= 0.3 is 17.9 Å². The lowest BCUT2D eigenvalue weighted by Crippen LogP contribution is -2.06. The molecule has 0 atom stereocenters. The van der Waals surface area contributed by atoms with Crippen LogP contribution in [-0.4, -0.2) is 41.8 Å². The molecule has 0 radical (unpaired) electrons. The van der Waals surface area contributed by atoms with Gasteiger partial charge in [-0.25, -0.2) is 14.4 Å². The standard InChI is InChI=1S/C9H16O2.C4H6O3.C3H4O2/c1-4-6-7-8(3)9(10)11-5-2;1-3(7-2)4(5)6;1-2-3(4)5/h3-7H2,1-2H3;1H2,2H3,(H,5,6);2H,1H2,(H,4,5). The first kappa shape index (κ1) is 25.4. The van der Waals surface area contributed by atoms with Gasteiger partial charge in [-0.3, -0.25) is 0 Å².